The summed E-state index contributed by atoms with van der Waals surface area (Å²) >= 11 is 0. The quantitative estimate of drug-likeness (QED) is 0.388. The van der Waals surface area contributed by atoms with Crippen LogP contribution >= 0.6 is 0 Å². The van der Waals surface area contributed by atoms with Gasteiger partial charge < -0.3 is 9.15 Å². The molecule has 6 heteroatoms. The van der Waals surface area contributed by atoms with E-state index in [0.717, 1.165) is 0 Å². The third-order valence-electron chi connectivity index (χ3n) is 2.96. The van der Waals surface area contributed by atoms with E-state index >= 15 is 0 Å². The predicted octanol–water partition coefficient (Wildman–Crippen LogP) is 4.73. The van der Waals surface area contributed by atoms with Crippen molar-refractivity contribution in [1.29, 1.82) is 0 Å². The summed E-state index contributed by atoms with van der Waals surface area (Å²) in [5.74, 6) is 1.26. The van der Waals surface area contributed by atoms with Gasteiger partial charge in [0.2, 0.25) is 0 Å². The molecule has 0 atom stereocenters. The summed E-state index contributed by atoms with van der Waals surface area (Å²) in [6.45, 7) is 0. The van der Waals surface area contributed by atoms with E-state index < -0.39 is 4.92 Å². The maximum Gasteiger partial charge on any atom is 0.433 e. The largest absolute Gasteiger partial charge is 0.455 e. The molecule has 0 bridgehead atoms. The Morgan fingerprint density at radius 3 is 2.48 bits per heavy atom. The van der Waals surface area contributed by atoms with Crippen molar-refractivity contribution in [3.8, 4) is 11.5 Å². The second-order valence-corrected chi connectivity index (χ2v) is 4.57. The van der Waals surface area contributed by atoms with Crippen LogP contribution in [0.1, 0.15) is 5.76 Å². The maximum atomic E-state index is 10.6. The first-order chi connectivity index (χ1) is 11.2. The van der Waals surface area contributed by atoms with Gasteiger partial charge in [-0.2, -0.15) is 0 Å². The second kappa shape index (κ2) is 6.57. The molecule has 0 aliphatic carbocycles. The van der Waals surface area contributed by atoms with Crippen LogP contribution in [-0.2, 0) is 0 Å². The Morgan fingerprint density at radius 2 is 1.74 bits per heavy atom. The smallest absolute Gasteiger partial charge is 0.433 e. The van der Waals surface area contributed by atoms with Crippen LogP contribution in [0.4, 0.5) is 11.6 Å². The number of aliphatic imine (C=N–C) groups is 1. The van der Waals surface area contributed by atoms with Gasteiger partial charge in [-0.15, -0.1) is 0 Å². The lowest BCUT2D eigenvalue weighted by molar-refractivity contribution is -0.402. The monoisotopic (exact) mass is 308 g/mol. The molecule has 3 aromatic rings. The van der Waals surface area contributed by atoms with Gasteiger partial charge in [0, 0.05) is 0 Å². The topological polar surface area (TPSA) is 77.9 Å². The lowest BCUT2D eigenvalue weighted by Gasteiger charge is -2.07. The second-order valence-electron chi connectivity index (χ2n) is 4.57. The minimum atomic E-state index is -0.593. The lowest BCUT2D eigenvalue weighted by Crippen LogP contribution is -1.85. The fourth-order valence-corrected chi connectivity index (χ4v) is 1.91. The minimum Gasteiger partial charge on any atom is -0.455 e. The number of benzene rings is 2. The van der Waals surface area contributed by atoms with Crippen LogP contribution in [0.15, 0.2) is 76.1 Å². The van der Waals surface area contributed by atoms with Crippen LogP contribution in [-0.4, -0.2) is 11.1 Å². The predicted molar refractivity (Wildman–Crippen MR) is 85.6 cm³/mol. The standard InChI is InChI=1S/C17H12N2O4/c20-19(21)17-11-10-14(23-17)12-18-15-8-4-5-9-16(15)22-13-6-2-1-3-7-13/h1-12H. The number of hydrogen-bond acceptors (Lipinski definition) is 5. The van der Waals surface area contributed by atoms with Gasteiger partial charge in [-0.25, -0.2) is 4.99 Å². The summed E-state index contributed by atoms with van der Waals surface area (Å²) in [5.41, 5.74) is 0.593. The summed E-state index contributed by atoms with van der Waals surface area (Å²) < 4.78 is 10.8. The summed E-state index contributed by atoms with van der Waals surface area (Å²) in [5, 5.41) is 10.6. The van der Waals surface area contributed by atoms with Crippen molar-refractivity contribution in [2.45, 2.75) is 0 Å². The fraction of sp³-hybridized carbons (Fsp3) is 0. The van der Waals surface area contributed by atoms with Crippen LogP contribution in [0.3, 0.4) is 0 Å². The highest BCUT2D eigenvalue weighted by atomic mass is 16.6. The van der Waals surface area contributed by atoms with Crippen LogP contribution < -0.4 is 4.74 Å². The number of nitro groups is 1. The third-order valence-corrected chi connectivity index (χ3v) is 2.96. The maximum absolute atomic E-state index is 10.6. The van der Waals surface area contributed by atoms with E-state index in [0.29, 0.717) is 22.9 Å². The van der Waals surface area contributed by atoms with Crippen molar-refractivity contribution < 1.29 is 14.1 Å². The highest BCUT2D eigenvalue weighted by molar-refractivity contribution is 5.80. The number of furan rings is 1. The zero-order valence-corrected chi connectivity index (χ0v) is 12.0. The Balaban J connectivity index is 1.82. The molecule has 0 aliphatic heterocycles. The summed E-state index contributed by atoms with van der Waals surface area (Å²) in [6.07, 6.45) is 1.42. The molecule has 3 rings (SSSR count). The van der Waals surface area contributed by atoms with Crippen LogP contribution in [0.2, 0.25) is 0 Å². The van der Waals surface area contributed by atoms with Gasteiger partial charge in [0.15, 0.2) is 11.5 Å². The van der Waals surface area contributed by atoms with E-state index in [9.17, 15) is 10.1 Å². The van der Waals surface area contributed by atoms with Gasteiger partial charge in [-0.1, -0.05) is 30.3 Å². The van der Waals surface area contributed by atoms with Crippen molar-refractivity contribution in [1.82, 2.24) is 0 Å². The van der Waals surface area contributed by atoms with Gasteiger partial charge in [-0.05, 0) is 30.3 Å². The number of ether oxygens (including phenoxy) is 1. The molecule has 114 valence electrons. The molecule has 0 radical (unpaired) electrons. The first kappa shape index (κ1) is 14.5. The molecule has 1 heterocycles. The van der Waals surface area contributed by atoms with Crippen molar-refractivity contribution >= 4 is 17.8 Å². The van der Waals surface area contributed by atoms with E-state index in [2.05, 4.69) is 4.99 Å². The van der Waals surface area contributed by atoms with Crippen LogP contribution in [0.25, 0.3) is 0 Å². The van der Waals surface area contributed by atoms with Gasteiger partial charge in [-0.3, -0.25) is 10.1 Å². The molecule has 1 aromatic heterocycles. The van der Waals surface area contributed by atoms with Crippen molar-refractivity contribution in [3.05, 3.63) is 82.6 Å². The molecular weight excluding hydrogens is 296 g/mol. The fourth-order valence-electron chi connectivity index (χ4n) is 1.91. The Labute approximate surface area is 131 Å². The zero-order valence-electron chi connectivity index (χ0n) is 12.0. The molecule has 0 N–H and O–H groups in total. The first-order valence-electron chi connectivity index (χ1n) is 6.82. The number of rotatable bonds is 5. The Kier molecular flexibility index (Phi) is 4.15. The number of nitrogens with zero attached hydrogens (tertiary/aromatic N) is 2. The molecule has 23 heavy (non-hydrogen) atoms. The summed E-state index contributed by atoms with van der Waals surface area (Å²) in [7, 11) is 0. The molecule has 0 fully saturated rings. The highest BCUT2D eigenvalue weighted by Gasteiger charge is 2.10. The summed E-state index contributed by atoms with van der Waals surface area (Å²) in [4.78, 5) is 14.3. The minimum absolute atomic E-state index is 0.297. The highest BCUT2D eigenvalue weighted by Crippen LogP contribution is 2.31. The van der Waals surface area contributed by atoms with E-state index in [1.54, 1.807) is 12.1 Å². The van der Waals surface area contributed by atoms with Gasteiger partial charge >= 0.3 is 5.88 Å². The first-order valence-corrected chi connectivity index (χ1v) is 6.82. The van der Waals surface area contributed by atoms with Crippen molar-refractivity contribution in [3.63, 3.8) is 0 Å². The molecule has 2 aromatic carbocycles. The average molecular weight is 308 g/mol. The van der Waals surface area contributed by atoms with E-state index in [1.165, 1.54) is 18.3 Å². The van der Waals surface area contributed by atoms with Gasteiger partial charge in [0.25, 0.3) is 0 Å². The Bertz CT molecular complexity index is 841. The van der Waals surface area contributed by atoms with Crippen molar-refractivity contribution in [2.75, 3.05) is 0 Å². The molecule has 0 amide bonds. The van der Waals surface area contributed by atoms with E-state index in [4.69, 9.17) is 9.15 Å². The summed E-state index contributed by atoms with van der Waals surface area (Å²) in [6, 6.07) is 19.4. The molecule has 0 saturated heterocycles. The van der Waals surface area contributed by atoms with E-state index in [-0.39, 0.29) is 5.88 Å². The Hall–Kier alpha value is -3.41. The lowest BCUT2D eigenvalue weighted by atomic mass is 10.3. The SMILES string of the molecule is O=[N+]([O-])c1ccc(C=Nc2ccccc2Oc2ccccc2)o1. The van der Waals surface area contributed by atoms with E-state index in [1.807, 2.05) is 42.5 Å². The number of para-hydroxylation sites is 3. The van der Waals surface area contributed by atoms with Crippen LogP contribution in [0, 0.1) is 10.1 Å². The molecule has 6 nitrogen and oxygen atoms in total. The molecule has 0 unspecified atom stereocenters. The normalized spacial score (nSPS) is 10.8. The molecular formula is C17H12N2O4. The molecule has 0 spiro atoms. The van der Waals surface area contributed by atoms with Gasteiger partial charge in [0.05, 0.1) is 12.3 Å². The molecule has 0 aliphatic rings. The molecule has 0 saturated carbocycles. The average Bonchev–Trinajstić information content (AvgIpc) is 3.04. The number of hydrogen-bond donors (Lipinski definition) is 0. The van der Waals surface area contributed by atoms with Gasteiger partial charge in [0.1, 0.15) is 16.4 Å². The third kappa shape index (κ3) is 3.62. The van der Waals surface area contributed by atoms with Crippen molar-refractivity contribution in [2.24, 2.45) is 4.99 Å². The zero-order chi connectivity index (χ0) is 16.1. The Morgan fingerprint density at radius 1 is 1.00 bits per heavy atom. The van der Waals surface area contributed by atoms with Crippen LogP contribution in [0.5, 0.6) is 11.5 Å².